The fourth-order valence-electron chi connectivity index (χ4n) is 2.80. The largest absolute Gasteiger partial charge is 0.480 e. The van der Waals surface area contributed by atoms with Gasteiger partial charge in [0.2, 0.25) is 0 Å². The molecule has 0 aliphatic carbocycles. The number of aliphatic carboxylic acids is 2. The smallest absolute Gasteiger partial charge is 0.322 e. The van der Waals surface area contributed by atoms with Gasteiger partial charge < -0.3 is 10.2 Å². The number of aryl methyl sites for hydroxylation is 2. The Morgan fingerprint density at radius 2 is 1.43 bits per heavy atom. The normalized spacial score (nSPS) is 10.7. The molecule has 0 atom stereocenters. The van der Waals surface area contributed by atoms with Crippen LogP contribution in [-0.4, -0.2) is 27.1 Å². The summed E-state index contributed by atoms with van der Waals surface area (Å²) in [6, 6.07) is 7.50. The highest BCUT2D eigenvalue weighted by molar-refractivity contribution is 6.00. The molecule has 0 amide bonds. The van der Waals surface area contributed by atoms with Crippen molar-refractivity contribution in [1.82, 2.24) is 4.98 Å². The van der Waals surface area contributed by atoms with E-state index in [4.69, 9.17) is 0 Å². The van der Waals surface area contributed by atoms with Crippen molar-refractivity contribution in [2.24, 2.45) is 0 Å². The first-order chi connectivity index (χ1) is 11.0. The standard InChI is InChI=1S/C18H19NO4/c1-3-11-9-14(13-5-7-19-8-6-13)10-12(4-2)15(11)16(17(20)21)18(22)23/h5-10,16H,3-4H2,1-2H3,(H,20,21)(H,22,23). The molecule has 0 bridgehead atoms. The molecule has 0 saturated heterocycles. The monoisotopic (exact) mass is 313 g/mol. The van der Waals surface area contributed by atoms with E-state index >= 15 is 0 Å². The molecular formula is C18H19NO4. The molecule has 0 fully saturated rings. The van der Waals surface area contributed by atoms with Crippen LogP contribution < -0.4 is 0 Å². The lowest BCUT2D eigenvalue weighted by Gasteiger charge is -2.19. The van der Waals surface area contributed by atoms with Crippen LogP contribution in [0.25, 0.3) is 11.1 Å². The highest BCUT2D eigenvalue weighted by Crippen LogP contribution is 2.31. The van der Waals surface area contributed by atoms with Crippen molar-refractivity contribution in [2.45, 2.75) is 32.6 Å². The Kier molecular flexibility index (Phi) is 5.11. The summed E-state index contributed by atoms with van der Waals surface area (Å²) in [7, 11) is 0. The molecule has 23 heavy (non-hydrogen) atoms. The third-order valence-electron chi connectivity index (χ3n) is 3.91. The van der Waals surface area contributed by atoms with Gasteiger partial charge in [-0.2, -0.15) is 0 Å². The van der Waals surface area contributed by atoms with E-state index in [-0.39, 0.29) is 0 Å². The van der Waals surface area contributed by atoms with Crippen molar-refractivity contribution >= 4 is 11.9 Å². The first-order valence-corrected chi connectivity index (χ1v) is 7.51. The zero-order chi connectivity index (χ0) is 17.0. The van der Waals surface area contributed by atoms with Gasteiger partial charge in [-0.15, -0.1) is 0 Å². The first kappa shape index (κ1) is 16.7. The maximum absolute atomic E-state index is 11.4. The number of carboxylic acid groups (broad SMARTS) is 2. The predicted octanol–water partition coefficient (Wildman–Crippen LogP) is 3.13. The van der Waals surface area contributed by atoms with Crippen LogP contribution in [0.5, 0.6) is 0 Å². The highest BCUT2D eigenvalue weighted by atomic mass is 16.4. The van der Waals surface area contributed by atoms with Crippen LogP contribution in [0.3, 0.4) is 0 Å². The Morgan fingerprint density at radius 1 is 0.957 bits per heavy atom. The lowest BCUT2D eigenvalue weighted by molar-refractivity contribution is -0.150. The SMILES string of the molecule is CCc1cc(-c2ccncc2)cc(CC)c1C(C(=O)O)C(=O)O. The van der Waals surface area contributed by atoms with Gasteiger partial charge >= 0.3 is 11.9 Å². The minimum atomic E-state index is -1.54. The van der Waals surface area contributed by atoms with Gasteiger partial charge in [0, 0.05) is 12.4 Å². The molecule has 5 nitrogen and oxygen atoms in total. The molecule has 120 valence electrons. The summed E-state index contributed by atoms with van der Waals surface area (Å²) in [6.07, 6.45) is 4.52. The number of nitrogens with zero attached hydrogens (tertiary/aromatic N) is 1. The molecule has 0 aliphatic rings. The Labute approximate surface area is 134 Å². The van der Waals surface area contributed by atoms with Crippen molar-refractivity contribution in [2.75, 3.05) is 0 Å². The Morgan fingerprint density at radius 3 is 1.83 bits per heavy atom. The minimum Gasteiger partial charge on any atom is -0.480 e. The van der Waals surface area contributed by atoms with Crippen LogP contribution in [0.1, 0.15) is 36.5 Å². The molecule has 0 aliphatic heterocycles. The van der Waals surface area contributed by atoms with E-state index in [0.717, 1.165) is 22.3 Å². The lowest BCUT2D eigenvalue weighted by atomic mass is 9.85. The van der Waals surface area contributed by atoms with Gasteiger partial charge in [-0.25, -0.2) is 0 Å². The summed E-state index contributed by atoms with van der Waals surface area (Å²) in [5, 5.41) is 18.7. The van der Waals surface area contributed by atoms with Gasteiger partial charge in [0.15, 0.2) is 5.92 Å². The molecule has 1 aromatic carbocycles. The van der Waals surface area contributed by atoms with Gasteiger partial charge in [0.25, 0.3) is 0 Å². The third-order valence-corrected chi connectivity index (χ3v) is 3.91. The number of aromatic nitrogens is 1. The summed E-state index contributed by atoms with van der Waals surface area (Å²) < 4.78 is 0. The van der Waals surface area contributed by atoms with Crippen LogP contribution in [0, 0.1) is 0 Å². The number of pyridine rings is 1. The summed E-state index contributed by atoms with van der Waals surface area (Å²) in [5.41, 5.74) is 3.84. The van der Waals surface area contributed by atoms with Crippen molar-refractivity contribution in [1.29, 1.82) is 0 Å². The summed E-state index contributed by atoms with van der Waals surface area (Å²) in [5.74, 6) is -4.21. The number of carbonyl (C=O) groups is 2. The molecule has 2 aromatic rings. The second-order valence-corrected chi connectivity index (χ2v) is 5.26. The number of benzene rings is 1. The van der Waals surface area contributed by atoms with Crippen molar-refractivity contribution in [3.8, 4) is 11.1 Å². The van der Waals surface area contributed by atoms with Crippen molar-refractivity contribution < 1.29 is 19.8 Å². The van der Waals surface area contributed by atoms with E-state index in [1.54, 1.807) is 12.4 Å². The molecule has 0 spiro atoms. The van der Waals surface area contributed by atoms with E-state index in [2.05, 4.69) is 4.98 Å². The molecule has 0 unspecified atom stereocenters. The van der Waals surface area contributed by atoms with Gasteiger partial charge in [-0.05, 0) is 52.8 Å². The van der Waals surface area contributed by atoms with Gasteiger partial charge in [-0.1, -0.05) is 26.0 Å². The van der Waals surface area contributed by atoms with E-state index in [1.807, 2.05) is 38.1 Å². The van der Waals surface area contributed by atoms with Gasteiger partial charge in [0.05, 0.1) is 0 Å². The van der Waals surface area contributed by atoms with Crippen LogP contribution >= 0.6 is 0 Å². The fraction of sp³-hybridized carbons (Fsp3) is 0.278. The lowest BCUT2D eigenvalue weighted by Crippen LogP contribution is -2.24. The number of rotatable bonds is 6. The molecular weight excluding hydrogens is 294 g/mol. The molecule has 0 radical (unpaired) electrons. The quantitative estimate of drug-likeness (QED) is 0.800. The Balaban J connectivity index is 2.69. The maximum Gasteiger partial charge on any atom is 0.322 e. The highest BCUT2D eigenvalue weighted by Gasteiger charge is 2.32. The first-order valence-electron chi connectivity index (χ1n) is 7.51. The zero-order valence-corrected chi connectivity index (χ0v) is 13.1. The van der Waals surface area contributed by atoms with Gasteiger partial charge in [0.1, 0.15) is 0 Å². The summed E-state index contributed by atoms with van der Waals surface area (Å²) in [6.45, 7) is 3.80. The maximum atomic E-state index is 11.4. The van der Waals surface area contributed by atoms with Crippen LogP contribution in [-0.2, 0) is 22.4 Å². The van der Waals surface area contributed by atoms with E-state index < -0.39 is 17.9 Å². The van der Waals surface area contributed by atoms with Crippen LogP contribution in [0.15, 0.2) is 36.7 Å². The topological polar surface area (TPSA) is 87.5 Å². The number of carboxylic acids is 2. The molecule has 0 saturated carbocycles. The summed E-state index contributed by atoms with van der Waals surface area (Å²) >= 11 is 0. The molecule has 1 heterocycles. The van der Waals surface area contributed by atoms with E-state index in [9.17, 15) is 19.8 Å². The van der Waals surface area contributed by atoms with Crippen LogP contribution in [0.2, 0.25) is 0 Å². The fourth-order valence-corrected chi connectivity index (χ4v) is 2.80. The average molecular weight is 313 g/mol. The van der Waals surface area contributed by atoms with Crippen LogP contribution in [0.4, 0.5) is 0 Å². The van der Waals surface area contributed by atoms with Crippen molar-refractivity contribution in [3.05, 3.63) is 53.3 Å². The van der Waals surface area contributed by atoms with Gasteiger partial charge in [-0.3, -0.25) is 14.6 Å². The van der Waals surface area contributed by atoms with Crippen molar-refractivity contribution in [3.63, 3.8) is 0 Å². The molecule has 1 aromatic heterocycles. The number of hydrogen-bond acceptors (Lipinski definition) is 3. The summed E-state index contributed by atoms with van der Waals surface area (Å²) in [4.78, 5) is 26.9. The molecule has 2 N–H and O–H groups in total. The Hall–Kier alpha value is -2.69. The van der Waals surface area contributed by atoms with E-state index in [1.165, 1.54) is 0 Å². The molecule has 2 rings (SSSR count). The molecule has 5 heteroatoms. The number of hydrogen-bond donors (Lipinski definition) is 2. The third kappa shape index (κ3) is 3.39. The second-order valence-electron chi connectivity index (χ2n) is 5.26. The minimum absolute atomic E-state index is 0.410. The Bertz CT molecular complexity index is 686. The second kappa shape index (κ2) is 7.05. The zero-order valence-electron chi connectivity index (χ0n) is 13.1. The average Bonchev–Trinajstić information content (AvgIpc) is 2.55. The predicted molar refractivity (Wildman–Crippen MR) is 86.4 cm³/mol. The van der Waals surface area contributed by atoms with E-state index in [0.29, 0.717) is 18.4 Å².